The Labute approximate surface area is 138 Å². The molecule has 0 aliphatic carbocycles. The molecule has 0 aliphatic heterocycles. The van der Waals surface area contributed by atoms with Crippen LogP contribution in [-0.2, 0) is 9.59 Å². The highest BCUT2D eigenvalue weighted by atomic mass is 35.5. The summed E-state index contributed by atoms with van der Waals surface area (Å²) in [7, 11) is 0. The summed E-state index contributed by atoms with van der Waals surface area (Å²) < 4.78 is 0. The summed E-state index contributed by atoms with van der Waals surface area (Å²) in [6.07, 6.45) is 0. The summed E-state index contributed by atoms with van der Waals surface area (Å²) >= 11 is 12.0. The van der Waals surface area contributed by atoms with E-state index < -0.39 is 11.9 Å². The number of benzene rings is 2. The van der Waals surface area contributed by atoms with Crippen LogP contribution in [0.3, 0.4) is 0 Å². The van der Waals surface area contributed by atoms with Gasteiger partial charge >= 0.3 is 0 Å². The fourth-order valence-electron chi connectivity index (χ4n) is 1.34. The van der Waals surface area contributed by atoms with E-state index in [0.717, 1.165) is 25.0 Å². The molecule has 0 atom stereocenters. The first kappa shape index (κ1) is 20.0. The van der Waals surface area contributed by atoms with E-state index in [4.69, 9.17) is 43.0 Å². The zero-order valence-corrected chi connectivity index (χ0v) is 13.6. The van der Waals surface area contributed by atoms with Crippen LogP contribution >= 0.6 is 23.2 Å². The third kappa shape index (κ3) is 9.00. The van der Waals surface area contributed by atoms with Gasteiger partial charge in [0.05, 0.1) is 10.0 Å². The van der Waals surface area contributed by atoms with Gasteiger partial charge < -0.3 is 10.2 Å². The molecule has 2 rings (SSSR count). The van der Waals surface area contributed by atoms with E-state index in [0.29, 0.717) is 10.0 Å². The van der Waals surface area contributed by atoms with Crippen LogP contribution in [0.4, 0.5) is 0 Å². The highest BCUT2D eigenvalue weighted by Crippen LogP contribution is 2.32. The molecule has 0 saturated heterocycles. The van der Waals surface area contributed by atoms with Gasteiger partial charge in [-0.3, -0.25) is 9.59 Å². The molecule has 22 heavy (non-hydrogen) atoms. The van der Waals surface area contributed by atoms with Gasteiger partial charge in [0.2, 0.25) is 0 Å². The van der Waals surface area contributed by atoms with Gasteiger partial charge in [-0.15, -0.1) is 0 Å². The van der Waals surface area contributed by atoms with Crippen LogP contribution < -0.4 is 0 Å². The minimum absolute atomic E-state index is 0.591. The molecule has 0 radical (unpaired) electrons. The van der Waals surface area contributed by atoms with Gasteiger partial charge in [0.15, 0.2) is 0 Å². The fourth-order valence-corrected chi connectivity index (χ4v) is 1.75. The molecule has 0 amide bonds. The standard InChI is InChI=1S/C12H8Cl2.2C2H4O2/c13-11-8-4-7-10(12(11)14)9-5-2-1-3-6-9;2*1-2(3)4/h1-8H;2*1H3,(H,3,4). The largest absolute Gasteiger partial charge is 0.481 e. The van der Waals surface area contributed by atoms with Crippen molar-refractivity contribution in [1.82, 2.24) is 0 Å². The van der Waals surface area contributed by atoms with Crippen LogP contribution in [0.2, 0.25) is 10.0 Å². The Bertz CT molecular complexity index is 593. The van der Waals surface area contributed by atoms with E-state index in [1.165, 1.54) is 0 Å². The number of carbonyl (C=O) groups is 2. The van der Waals surface area contributed by atoms with Crippen LogP contribution in [0.15, 0.2) is 48.5 Å². The summed E-state index contributed by atoms with van der Waals surface area (Å²) in [5.74, 6) is -1.67. The molecule has 0 heterocycles. The Hall–Kier alpha value is -2.04. The average molecular weight is 343 g/mol. The number of aliphatic carboxylic acids is 2. The number of rotatable bonds is 1. The van der Waals surface area contributed by atoms with Gasteiger partial charge in [-0.05, 0) is 11.6 Å². The lowest BCUT2D eigenvalue weighted by molar-refractivity contribution is -0.135. The Kier molecular flexibility index (Phi) is 9.67. The monoisotopic (exact) mass is 342 g/mol. The molecule has 0 saturated carbocycles. The maximum Gasteiger partial charge on any atom is 0.300 e. The van der Waals surface area contributed by atoms with Crippen molar-refractivity contribution in [3.8, 4) is 11.1 Å². The van der Waals surface area contributed by atoms with E-state index in [2.05, 4.69) is 0 Å². The molecule has 6 heteroatoms. The van der Waals surface area contributed by atoms with E-state index >= 15 is 0 Å². The Morgan fingerprint density at radius 2 is 1.27 bits per heavy atom. The molecule has 2 aromatic carbocycles. The molecule has 0 fully saturated rings. The number of carboxylic acid groups (broad SMARTS) is 2. The van der Waals surface area contributed by atoms with Gasteiger partial charge in [-0.25, -0.2) is 0 Å². The van der Waals surface area contributed by atoms with Crippen molar-refractivity contribution in [2.24, 2.45) is 0 Å². The predicted molar refractivity (Wildman–Crippen MR) is 88.5 cm³/mol. The molecular formula is C16H16Cl2O4. The second kappa shape index (κ2) is 10.7. The lowest BCUT2D eigenvalue weighted by Crippen LogP contribution is -1.79. The Balaban J connectivity index is 0.000000464. The molecule has 118 valence electrons. The smallest absolute Gasteiger partial charge is 0.300 e. The van der Waals surface area contributed by atoms with Gasteiger partial charge in [0.1, 0.15) is 0 Å². The number of hydrogen-bond donors (Lipinski definition) is 2. The number of halogens is 2. The normalized spacial score (nSPS) is 8.73. The lowest BCUT2D eigenvalue weighted by atomic mass is 10.1. The average Bonchev–Trinajstić information content (AvgIpc) is 2.42. The van der Waals surface area contributed by atoms with Crippen LogP contribution in [0.1, 0.15) is 13.8 Å². The van der Waals surface area contributed by atoms with E-state index in [9.17, 15) is 0 Å². The molecule has 0 unspecified atom stereocenters. The van der Waals surface area contributed by atoms with E-state index in [1.807, 2.05) is 42.5 Å². The second-order valence-corrected chi connectivity index (χ2v) is 4.79. The summed E-state index contributed by atoms with van der Waals surface area (Å²) in [4.78, 5) is 18.0. The van der Waals surface area contributed by atoms with Crippen molar-refractivity contribution in [2.45, 2.75) is 13.8 Å². The molecule has 4 nitrogen and oxygen atoms in total. The minimum atomic E-state index is -0.833. The van der Waals surface area contributed by atoms with Gasteiger partial charge in [-0.1, -0.05) is 65.7 Å². The molecule has 2 N–H and O–H groups in total. The summed E-state index contributed by atoms with van der Waals surface area (Å²) in [5.41, 5.74) is 2.06. The van der Waals surface area contributed by atoms with Gasteiger partial charge in [0, 0.05) is 19.4 Å². The highest BCUT2D eigenvalue weighted by Gasteiger charge is 2.05. The third-order valence-corrected chi connectivity index (χ3v) is 2.86. The molecule has 0 aliphatic rings. The van der Waals surface area contributed by atoms with Crippen molar-refractivity contribution in [3.63, 3.8) is 0 Å². The van der Waals surface area contributed by atoms with Crippen molar-refractivity contribution in [3.05, 3.63) is 58.6 Å². The first-order valence-electron chi connectivity index (χ1n) is 6.14. The van der Waals surface area contributed by atoms with Crippen molar-refractivity contribution in [2.75, 3.05) is 0 Å². The topological polar surface area (TPSA) is 74.6 Å². The predicted octanol–water partition coefficient (Wildman–Crippen LogP) is 4.84. The quantitative estimate of drug-likeness (QED) is 0.777. The maximum absolute atomic E-state index is 9.00. The second-order valence-electron chi connectivity index (χ2n) is 4.01. The molecule has 0 spiro atoms. The summed E-state index contributed by atoms with van der Waals surface area (Å²) in [6.45, 7) is 2.17. The molecule has 2 aromatic rings. The SMILES string of the molecule is CC(=O)O.CC(=O)O.Clc1cccc(-c2ccccc2)c1Cl. The number of hydrogen-bond acceptors (Lipinski definition) is 2. The van der Waals surface area contributed by atoms with Crippen LogP contribution in [-0.4, -0.2) is 22.2 Å². The van der Waals surface area contributed by atoms with Gasteiger partial charge in [-0.2, -0.15) is 0 Å². The first-order chi connectivity index (χ1) is 10.3. The summed E-state index contributed by atoms with van der Waals surface area (Å²) in [5, 5.41) is 16.0. The zero-order valence-electron chi connectivity index (χ0n) is 12.1. The summed E-state index contributed by atoms with van der Waals surface area (Å²) in [6, 6.07) is 15.6. The van der Waals surface area contributed by atoms with Crippen molar-refractivity contribution >= 4 is 35.1 Å². The molecular weight excluding hydrogens is 327 g/mol. The van der Waals surface area contributed by atoms with Crippen molar-refractivity contribution < 1.29 is 19.8 Å². The van der Waals surface area contributed by atoms with Crippen LogP contribution in [0.5, 0.6) is 0 Å². The third-order valence-electron chi connectivity index (χ3n) is 2.04. The van der Waals surface area contributed by atoms with Crippen LogP contribution in [0.25, 0.3) is 11.1 Å². The van der Waals surface area contributed by atoms with E-state index in [1.54, 1.807) is 6.07 Å². The molecule has 0 aromatic heterocycles. The van der Waals surface area contributed by atoms with Crippen LogP contribution in [0, 0.1) is 0 Å². The van der Waals surface area contributed by atoms with E-state index in [-0.39, 0.29) is 0 Å². The Morgan fingerprint density at radius 1 is 0.818 bits per heavy atom. The minimum Gasteiger partial charge on any atom is -0.481 e. The maximum atomic E-state index is 9.00. The number of carboxylic acids is 2. The highest BCUT2D eigenvalue weighted by molar-refractivity contribution is 6.43. The molecule has 0 bridgehead atoms. The fraction of sp³-hybridized carbons (Fsp3) is 0.125. The Morgan fingerprint density at radius 3 is 1.73 bits per heavy atom. The lowest BCUT2D eigenvalue weighted by Gasteiger charge is -2.04. The van der Waals surface area contributed by atoms with Crippen molar-refractivity contribution in [1.29, 1.82) is 0 Å². The first-order valence-corrected chi connectivity index (χ1v) is 6.89. The van der Waals surface area contributed by atoms with Gasteiger partial charge in [0.25, 0.3) is 11.9 Å². The zero-order chi connectivity index (χ0) is 17.1.